The summed E-state index contributed by atoms with van der Waals surface area (Å²) in [6.45, 7) is -1.24. The number of hydrogen-bond donors (Lipinski definition) is 1. The Morgan fingerprint density at radius 3 is 1.10 bits per heavy atom. The SMILES string of the molecule is CC(F)(F)C(F)(F)C(F)(F)C(F)(F)C(F)(F)C(F)(F)C(F)(F)C(F)(F)C=CC(=O)O. The predicted octanol–water partition coefficient (Wildman–Crippen LogP) is 5.73. The lowest BCUT2D eigenvalue weighted by Crippen LogP contribution is -2.74. The van der Waals surface area contributed by atoms with Crippen LogP contribution < -0.4 is 0 Å². The van der Waals surface area contributed by atoms with E-state index in [1.54, 1.807) is 0 Å². The molecule has 178 valence electrons. The smallest absolute Gasteiger partial charge is 0.385 e. The molecule has 1 N–H and O–H groups in total. The zero-order chi connectivity index (χ0) is 25.0. The van der Waals surface area contributed by atoms with Crippen LogP contribution in [0, 0.1) is 0 Å². The molecule has 18 heteroatoms. The molecule has 0 unspecified atom stereocenters. The van der Waals surface area contributed by atoms with Crippen molar-refractivity contribution in [2.24, 2.45) is 0 Å². The molecule has 0 saturated heterocycles. The Kier molecular flexibility index (Phi) is 6.61. The number of carboxylic acid groups (broad SMARTS) is 1. The van der Waals surface area contributed by atoms with E-state index in [4.69, 9.17) is 5.11 Å². The number of alkyl halides is 16. The number of aliphatic carboxylic acids is 1. The highest BCUT2D eigenvalue weighted by Gasteiger charge is 2.94. The summed E-state index contributed by atoms with van der Waals surface area (Å²) < 4.78 is 209. The molecule has 2 nitrogen and oxygen atoms in total. The third-order valence-electron chi connectivity index (χ3n) is 3.38. The van der Waals surface area contributed by atoms with Gasteiger partial charge in [-0.25, -0.2) is 4.79 Å². The maximum absolute atomic E-state index is 13.3. The summed E-state index contributed by atoms with van der Waals surface area (Å²) in [6, 6.07) is 0. The van der Waals surface area contributed by atoms with Crippen LogP contribution in [-0.2, 0) is 4.79 Å². The highest BCUT2D eigenvalue weighted by molar-refractivity contribution is 5.79. The van der Waals surface area contributed by atoms with E-state index in [1.807, 2.05) is 0 Å². The van der Waals surface area contributed by atoms with Gasteiger partial charge in [-0.3, -0.25) is 0 Å². The van der Waals surface area contributed by atoms with Crippen LogP contribution in [0.3, 0.4) is 0 Å². The van der Waals surface area contributed by atoms with Gasteiger partial charge in [0, 0.05) is 13.0 Å². The van der Waals surface area contributed by atoms with Crippen LogP contribution in [0.1, 0.15) is 6.92 Å². The Labute approximate surface area is 154 Å². The first kappa shape index (κ1) is 28.1. The predicted molar refractivity (Wildman–Crippen MR) is 62.0 cm³/mol. The van der Waals surface area contributed by atoms with E-state index in [2.05, 4.69) is 0 Å². The molecule has 30 heavy (non-hydrogen) atoms. The summed E-state index contributed by atoms with van der Waals surface area (Å²) in [5, 5.41) is 7.93. The average Bonchev–Trinajstić information content (AvgIpc) is 2.50. The van der Waals surface area contributed by atoms with E-state index in [9.17, 15) is 75.0 Å². The normalized spacial score (nSPS) is 16.3. The van der Waals surface area contributed by atoms with Crippen LogP contribution in [0.4, 0.5) is 70.2 Å². The van der Waals surface area contributed by atoms with Gasteiger partial charge in [0.15, 0.2) is 0 Å². The van der Waals surface area contributed by atoms with E-state index >= 15 is 0 Å². The van der Waals surface area contributed by atoms with Gasteiger partial charge in [0.2, 0.25) is 0 Å². The van der Waals surface area contributed by atoms with Gasteiger partial charge in [-0.1, -0.05) is 0 Å². The third-order valence-corrected chi connectivity index (χ3v) is 3.38. The summed E-state index contributed by atoms with van der Waals surface area (Å²) in [6.07, 6.45) is -2.77. The molecule has 0 aliphatic rings. The van der Waals surface area contributed by atoms with Crippen LogP contribution in [0.5, 0.6) is 0 Å². The number of hydrogen-bond acceptors (Lipinski definition) is 1. The summed E-state index contributed by atoms with van der Waals surface area (Å²) in [5.74, 6) is -64.5. The molecule has 0 amide bonds. The van der Waals surface area contributed by atoms with E-state index in [-0.39, 0.29) is 0 Å². The van der Waals surface area contributed by atoms with Crippen molar-refractivity contribution in [3.63, 3.8) is 0 Å². The molecule has 0 saturated carbocycles. The quantitative estimate of drug-likeness (QED) is 0.334. The van der Waals surface area contributed by atoms with Crippen molar-refractivity contribution in [3.8, 4) is 0 Å². The first-order chi connectivity index (χ1) is 12.7. The molecule has 0 aliphatic heterocycles. The van der Waals surface area contributed by atoms with E-state index in [0.717, 1.165) is 0 Å². The first-order valence-electron chi connectivity index (χ1n) is 6.61. The molecule has 0 fully saturated rings. The van der Waals surface area contributed by atoms with Gasteiger partial charge in [-0.15, -0.1) is 0 Å². The van der Waals surface area contributed by atoms with E-state index < -0.39 is 72.4 Å². The fourth-order valence-corrected chi connectivity index (χ4v) is 1.55. The molecular weight excluding hydrogens is 480 g/mol. The summed E-state index contributed by atoms with van der Waals surface area (Å²) in [4.78, 5) is 9.94. The highest BCUT2D eigenvalue weighted by atomic mass is 19.4. The first-order valence-corrected chi connectivity index (χ1v) is 6.61. The average molecular weight is 486 g/mol. The Hall–Kier alpha value is -1.91. The van der Waals surface area contributed by atoms with Gasteiger partial charge >= 0.3 is 53.3 Å². The van der Waals surface area contributed by atoms with Crippen LogP contribution in [0.25, 0.3) is 0 Å². The lowest BCUT2D eigenvalue weighted by atomic mass is 9.88. The fraction of sp³-hybridized carbons (Fsp3) is 0.750. The Bertz CT molecular complexity index is 687. The van der Waals surface area contributed by atoms with Gasteiger partial charge in [0.1, 0.15) is 0 Å². The molecular formula is C12H6F16O2. The molecule has 0 aromatic rings. The number of carbonyl (C=O) groups is 1. The Morgan fingerprint density at radius 2 is 0.833 bits per heavy atom. The molecule has 0 atom stereocenters. The van der Waals surface area contributed by atoms with Crippen molar-refractivity contribution < 1.29 is 80.1 Å². The van der Waals surface area contributed by atoms with Crippen molar-refractivity contribution in [1.82, 2.24) is 0 Å². The van der Waals surface area contributed by atoms with Gasteiger partial charge in [-0.2, -0.15) is 70.2 Å². The van der Waals surface area contributed by atoms with Gasteiger partial charge in [0.25, 0.3) is 0 Å². The Balaban J connectivity index is 6.73. The van der Waals surface area contributed by atoms with Gasteiger partial charge in [-0.05, 0) is 6.08 Å². The third kappa shape index (κ3) is 3.65. The largest absolute Gasteiger partial charge is 0.478 e. The minimum atomic E-state index is -8.51. The number of carboxylic acids is 1. The lowest BCUT2D eigenvalue weighted by molar-refractivity contribution is -0.449. The number of halogens is 16. The second-order valence-corrected chi connectivity index (χ2v) is 5.63. The number of rotatable bonds is 9. The highest BCUT2D eigenvalue weighted by Crippen LogP contribution is 2.63. The second kappa shape index (κ2) is 7.06. The van der Waals surface area contributed by atoms with Crippen molar-refractivity contribution in [1.29, 1.82) is 0 Å². The molecule has 0 aromatic heterocycles. The monoisotopic (exact) mass is 486 g/mol. The summed E-state index contributed by atoms with van der Waals surface area (Å²) in [5.41, 5.74) is 0. The molecule has 0 spiro atoms. The van der Waals surface area contributed by atoms with E-state index in [1.165, 1.54) is 0 Å². The van der Waals surface area contributed by atoms with Crippen LogP contribution in [0.15, 0.2) is 12.2 Å². The minimum absolute atomic E-state index is 1.05. The molecule has 0 heterocycles. The van der Waals surface area contributed by atoms with Crippen molar-refractivity contribution in [2.75, 3.05) is 0 Å². The minimum Gasteiger partial charge on any atom is -0.478 e. The van der Waals surface area contributed by atoms with Crippen LogP contribution in [-0.4, -0.2) is 58.5 Å². The molecule has 0 aromatic carbocycles. The zero-order valence-electron chi connectivity index (χ0n) is 13.6. The topological polar surface area (TPSA) is 37.3 Å². The molecule has 0 aliphatic carbocycles. The molecule has 0 bridgehead atoms. The Morgan fingerprint density at radius 1 is 0.567 bits per heavy atom. The second-order valence-electron chi connectivity index (χ2n) is 5.63. The standard InChI is InChI=1S/C12H6F16O2/c1-5(13,14)7(17,18)9(21,22)11(25,26)12(27,28)10(23,24)8(19,20)6(15,16)3-2-4(29)30/h2-3H,1H3,(H,29,30). The number of allylic oxidation sites excluding steroid dienone is 1. The van der Waals surface area contributed by atoms with Gasteiger partial charge < -0.3 is 5.11 Å². The lowest BCUT2D eigenvalue weighted by Gasteiger charge is -2.43. The summed E-state index contributed by atoms with van der Waals surface area (Å²) in [7, 11) is 0. The maximum atomic E-state index is 13.3. The van der Waals surface area contributed by atoms with Crippen molar-refractivity contribution in [3.05, 3.63) is 12.2 Å². The zero-order valence-corrected chi connectivity index (χ0v) is 13.6. The van der Waals surface area contributed by atoms with Crippen molar-refractivity contribution >= 4 is 5.97 Å². The van der Waals surface area contributed by atoms with Gasteiger partial charge in [0.05, 0.1) is 0 Å². The maximum Gasteiger partial charge on any atom is 0.385 e. The van der Waals surface area contributed by atoms with E-state index in [0.29, 0.717) is 0 Å². The fourth-order valence-electron chi connectivity index (χ4n) is 1.55. The molecule has 0 rings (SSSR count). The summed E-state index contributed by atoms with van der Waals surface area (Å²) >= 11 is 0. The van der Waals surface area contributed by atoms with Crippen molar-refractivity contribution in [2.45, 2.75) is 54.3 Å². The van der Waals surface area contributed by atoms with Crippen LogP contribution in [0.2, 0.25) is 0 Å². The molecule has 0 radical (unpaired) electrons. The van der Waals surface area contributed by atoms with Crippen LogP contribution >= 0.6 is 0 Å².